The number of nitrogens with zero attached hydrogens (tertiary/aromatic N) is 4. The zero-order chi connectivity index (χ0) is 25.6. The molecule has 0 radical (unpaired) electrons. The molecule has 1 unspecified atom stereocenters. The molecule has 35 heavy (non-hydrogen) atoms. The minimum atomic E-state index is -3.77. The molecule has 0 amide bonds. The summed E-state index contributed by atoms with van der Waals surface area (Å²) < 4.78 is 78.1. The minimum Gasteiger partial charge on any atom is -0.487 e. The van der Waals surface area contributed by atoms with Gasteiger partial charge in [0.1, 0.15) is 41.8 Å². The maximum Gasteiger partial charge on any atom is 0.298 e. The first-order valence-corrected chi connectivity index (χ1v) is 10.0. The number of alkyl halides is 2. The normalized spacial score (nSPS) is 12.4. The zero-order valence-electron chi connectivity index (χ0n) is 18.0. The average molecular weight is 490 g/mol. The molecular weight excluding hydrogens is 471 g/mol. The summed E-state index contributed by atoms with van der Waals surface area (Å²) in [7, 11) is 0. The molecule has 0 aliphatic rings. The van der Waals surface area contributed by atoms with Crippen LogP contribution in [0.15, 0.2) is 59.8 Å². The van der Waals surface area contributed by atoms with Gasteiger partial charge >= 0.3 is 0 Å². The van der Waals surface area contributed by atoms with Gasteiger partial charge in [-0.05, 0) is 42.0 Å². The van der Waals surface area contributed by atoms with E-state index in [-0.39, 0.29) is 23.5 Å². The van der Waals surface area contributed by atoms with E-state index < -0.39 is 47.1 Å². The molecule has 4 N–H and O–H groups in total. The fourth-order valence-electron chi connectivity index (χ4n) is 3.29. The molecule has 0 aliphatic carbocycles. The smallest absolute Gasteiger partial charge is 0.298 e. The second-order valence-electron chi connectivity index (χ2n) is 7.39. The van der Waals surface area contributed by atoms with Crippen molar-refractivity contribution in [3.8, 4) is 11.8 Å². The van der Waals surface area contributed by atoms with E-state index in [2.05, 4.69) is 10.1 Å². The first kappa shape index (κ1) is 25.4. The van der Waals surface area contributed by atoms with Crippen molar-refractivity contribution in [3.05, 3.63) is 94.6 Å². The second-order valence-corrected chi connectivity index (χ2v) is 7.39. The molecule has 2 aromatic carbocycles. The fourth-order valence-corrected chi connectivity index (χ4v) is 3.29. The van der Waals surface area contributed by atoms with Gasteiger partial charge in [0.25, 0.3) is 5.92 Å². The monoisotopic (exact) mass is 490 g/mol. The van der Waals surface area contributed by atoms with Gasteiger partial charge in [0.15, 0.2) is 0 Å². The summed E-state index contributed by atoms with van der Waals surface area (Å²) in [4.78, 5) is 3.73. The SMILES string of the molecule is N#Cc1ccc(F)c(COc2ccc(C(F)(F)C(CN(N)/C=N\N)c3ccc(F)cc3F)nc2)c1. The Bertz CT molecular complexity index is 1250. The van der Waals surface area contributed by atoms with Crippen LogP contribution in [0.5, 0.6) is 5.75 Å². The first-order valence-electron chi connectivity index (χ1n) is 10.0. The molecular formula is C23H19F5N6O. The van der Waals surface area contributed by atoms with E-state index in [0.29, 0.717) is 6.07 Å². The molecule has 1 heterocycles. The van der Waals surface area contributed by atoms with Crippen molar-refractivity contribution in [1.82, 2.24) is 9.99 Å². The molecule has 0 saturated heterocycles. The maximum atomic E-state index is 15.5. The molecule has 1 atom stereocenters. The lowest BCUT2D eigenvalue weighted by Gasteiger charge is -2.29. The molecule has 182 valence electrons. The number of ether oxygens (including phenoxy) is 1. The van der Waals surface area contributed by atoms with Gasteiger partial charge in [-0.15, -0.1) is 0 Å². The highest BCUT2D eigenvalue weighted by molar-refractivity contribution is 5.53. The van der Waals surface area contributed by atoms with Gasteiger partial charge in [0.05, 0.1) is 23.7 Å². The predicted molar refractivity (Wildman–Crippen MR) is 116 cm³/mol. The third kappa shape index (κ3) is 6.01. The van der Waals surface area contributed by atoms with Gasteiger partial charge in [0, 0.05) is 18.2 Å². The Balaban J connectivity index is 1.85. The van der Waals surface area contributed by atoms with Gasteiger partial charge in [0.2, 0.25) is 0 Å². The van der Waals surface area contributed by atoms with E-state index >= 15 is 8.78 Å². The van der Waals surface area contributed by atoms with Crippen LogP contribution in [0.4, 0.5) is 22.0 Å². The molecule has 0 fully saturated rings. The van der Waals surface area contributed by atoms with E-state index in [1.807, 2.05) is 6.07 Å². The average Bonchev–Trinajstić information content (AvgIpc) is 2.83. The van der Waals surface area contributed by atoms with Crippen LogP contribution >= 0.6 is 0 Å². The Kier molecular flexibility index (Phi) is 7.83. The van der Waals surface area contributed by atoms with Crippen molar-refractivity contribution in [2.75, 3.05) is 6.54 Å². The number of hydrogen-bond donors (Lipinski definition) is 2. The van der Waals surface area contributed by atoms with Gasteiger partial charge in [-0.25, -0.2) is 19.0 Å². The Labute approximate surface area is 197 Å². The van der Waals surface area contributed by atoms with Crippen LogP contribution < -0.4 is 16.4 Å². The second kappa shape index (κ2) is 10.8. The lowest BCUT2D eigenvalue weighted by Crippen LogP contribution is -2.40. The lowest BCUT2D eigenvalue weighted by molar-refractivity contribution is -0.0443. The standard InChI is InChI=1S/C23H19F5N6O/c24-16-2-4-18(21(26)8-16)19(11-34(31)13-33-30)23(27,28)22-6-3-17(10-32-22)35-12-15-7-14(9-29)1-5-20(15)25/h1-8,10,13,19H,11-12,30-31H2/b33-13-. The quantitative estimate of drug-likeness (QED) is 0.155. The van der Waals surface area contributed by atoms with Crippen molar-refractivity contribution < 1.29 is 26.7 Å². The number of hydrazine groups is 1. The summed E-state index contributed by atoms with van der Waals surface area (Å²) in [5.41, 5.74) is -0.915. The zero-order valence-corrected chi connectivity index (χ0v) is 18.0. The van der Waals surface area contributed by atoms with Crippen LogP contribution in [0, 0.1) is 28.8 Å². The van der Waals surface area contributed by atoms with Crippen LogP contribution in [0.25, 0.3) is 0 Å². The maximum absolute atomic E-state index is 15.5. The van der Waals surface area contributed by atoms with E-state index in [4.69, 9.17) is 21.7 Å². The minimum absolute atomic E-state index is 0.0477. The number of nitrogens with two attached hydrogens (primary N) is 2. The van der Waals surface area contributed by atoms with Crippen LogP contribution in [-0.4, -0.2) is 22.9 Å². The molecule has 7 nitrogen and oxygen atoms in total. The van der Waals surface area contributed by atoms with E-state index in [9.17, 15) is 13.2 Å². The Morgan fingerprint density at radius 1 is 1.11 bits per heavy atom. The molecule has 1 aromatic heterocycles. The molecule has 0 aliphatic heterocycles. The molecule has 0 bridgehead atoms. The Morgan fingerprint density at radius 3 is 2.51 bits per heavy atom. The van der Waals surface area contributed by atoms with Gasteiger partial charge in [-0.2, -0.15) is 19.1 Å². The number of nitriles is 1. The first-order chi connectivity index (χ1) is 16.6. The summed E-state index contributed by atoms with van der Waals surface area (Å²) in [6.07, 6.45) is 1.87. The van der Waals surface area contributed by atoms with Crippen LogP contribution in [0.1, 0.15) is 28.3 Å². The van der Waals surface area contributed by atoms with Crippen LogP contribution in [0.3, 0.4) is 0 Å². The summed E-state index contributed by atoms with van der Waals surface area (Å²) in [6.45, 7) is -0.909. The number of rotatable bonds is 9. The van der Waals surface area contributed by atoms with Crippen molar-refractivity contribution >= 4 is 6.34 Å². The van der Waals surface area contributed by atoms with Gasteiger partial charge < -0.3 is 10.6 Å². The molecule has 0 saturated carbocycles. The molecule has 12 heteroatoms. The van der Waals surface area contributed by atoms with E-state index in [1.54, 1.807) is 0 Å². The molecule has 3 rings (SSSR count). The third-order valence-electron chi connectivity index (χ3n) is 5.03. The summed E-state index contributed by atoms with van der Waals surface area (Å²) in [5, 5.41) is 12.8. The van der Waals surface area contributed by atoms with Crippen LogP contribution in [-0.2, 0) is 12.5 Å². The van der Waals surface area contributed by atoms with Crippen LogP contribution in [0.2, 0.25) is 0 Å². The highest BCUT2D eigenvalue weighted by atomic mass is 19.3. The van der Waals surface area contributed by atoms with Crippen molar-refractivity contribution in [1.29, 1.82) is 5.26 Å². The number of halogens is 5. The summed E-state index contributed by atoms with van der Waals surface area (Å²) >= 11 is 0. The summed E-state index contributed by atoms with van der Waals surface area (Å²) in [5.74, 6) is 2.27. The molecule has 0 spiro atoms. The number of aromatic nitrogens is 1. The predicted octanol–water partition coefficient (Wildman–Crippen LogP) is 3.90. The number of hydrazone groups is 1. The largest absolute Gasteiger partial charge is 0.487 e. The fraction of sp³-hybridized carbons (Fsp3) is 0.174. The Morgan fingerprint density at radius 2 is 1.89 bits per heavy atom. The number of pyridine rings is 1. The number of benzene rings is 2. The van der Waals surface area contributed by atoms with Crippen molar-refractivity contribution in [3.63, 3.8) is 0 Å². The molecule has 3 aromatic rings. The summed E-state index contributed by atoms with van der Waals surface area (Å²) in [6, 6.07) is 9.98. The van der Waals surface area contributed by atoms with Crippen molar-refractivity contribution in [2.24, 2.45) is 16.8 Å². The van der Waals surface area contributed by atoms with E-state index in [1.165, 1.54) is 18.2 Å². The third-order valence-corrected chi connectivity index (χ3v) is 5.03. The highest BCUT2D eigenvalue weighted by Crippen LogP contribution is 2.42. The van der Waals surface area contributed by atoms with Crippen molar-refractivity contribution in [2.45, 2.75) is 18.4 Å². The van der Waals surface area contributed by atoms with E-state index in [0.717, 1.165) is 41.8 Å². The topological polar surface area (TPSA) is 114 Å². The highest BCUT2D eigenvalue weighted by Gasteiger charge is 2.45. The Hall–Kier alpha value is -4.24. The lowest BCUT2D eigenvalue weighted by atomic mass is 9.89. The van der Waals surface area contributed by atoms with Gasteiger partial charge in [-0.3, -0.25) is 9.99 Å². The van der Waals surface area contributed by atoms with Gasteiger partial charge in [-0.1, -0.05) is 6.07 Å². The number of hydrogen-bond acceptors (Lipinski definition) is 6.